The summed E-state index contributed by atoms with van der Waals surface area (Å²) in [5.41, 5.74) is 7.52. The smallest absolute Gasteiger partial charge is 0.141 e. The van der Waals surface area contributed by atoms with Crippen LogP contribution in [-0.4, -0.2) is 12.0 Å². The number of nitrogens with one attached hydrogen (secondary N) is 1. The first-order valence-electron chi connectivity index (χ1n) is 5.46. The van der Waals surface area contributed by atoms with Crippen molar-refractivity contribution in [2.45, 2.75) is 6.04 Å². The number of hydrogen-bond acceptors (Lipinski definition) is 3. The molecule has 2 rings (SSSR count). The van der Waals surface area contributed by atoms with Crippen molar-refractivity contribution in [3.63, 3.8) is 0 Å². The molecule has 0 saturated carbocycles. The van der Waals surface area contributed by atoms with Crippen molar-refractivity contribution in [2.24, 2.45) is 0 Å². The van der Waals surface area contributed by atoms with Crippen LogP contribution in [0.5, 0.6) is 0 Å². The zero-order valence-corrected chi connectivity index (χ0v) is 10.6. The standard InChI is InChI=1S/C13H13ClFN3/c1-17-12(9-3-2-6-18-13(9)16)8-4-5-11(15)10(14)7-8/h2-7,12,17H,1H3,(H2,16,18). The van der Waals surface area contributed by atoms with Crippen LogP contribution in [0.4, 0.5) is 10.2 Å². The first-order valence-corrected chi connectivity index (χ1v) is 5.84. The Labute approximate surface area is 110 Å². The Bertz CT molecular complexity index is 560. The minimum Gasteiger partial charge on any atom is -0.383 e. The van der Waals surface area contributed by atoms with E-state index in [0.717, 1.165) is 11.1 Å². The van der Waals surface area contributed by atoms with E-state index in [9.17, 15) is 4.39 Å². The molecule has 0 aliphatic carbocycles. The number of nitrogens with two attached hydrogens (primary N) is 1. The van der Waals surface area contributed by atoms with Gasteiger partial charge in [0.25, 0.3) is 0 Å². The van der Waals surface area contributed by atoms with Gasteiger partial charge in [0.1, 0.15) is 11.6 Å². The van der Waals surface area contributed by atoms with E-state index >= 15 is 0 Å². The molecular formula is C13H13ClFN3. The van der Waals surface area contributed by atoms with Gasteiger partial charge in [0.2, 0.25) is 0 Å². The summed E-state index contributed by atoms with van der Waals surface area (Å²) in [6, 6.07) is 8.12. The maximum absolute atomic E-state index is 13.2. The average Bonchev–Trinajstić information content (AvgIpc) is 2.37. The van der Waals surface area contributed by atoms with Gasteiger partial charge >= 0.3 is 0 Å². The van der Waals surface area contributed by atoms with Crippen LogP contribution in [-0.2, 0) is 0 Å². The number of nitrogens with zero attached hydrogens (tertiary/aromatic N) is 1. The lowest BCUT2D eigenvalue weighted by Gasteiger charge is -2.18. The van der Waals surface area contributed by atoms with Gasteiger partial charge in [-0.25, -0.2) is 9.37 Å². The number of aromatic nitrogens is 1. The third kappa shape index (κ3) is 2.44. The normalized spacial score (nSPS) is 12.4. The van der Waals surface area contributed by atoms with Gasteiger partial charge in [0.05, 0.1) is 11.1 Å². The van der Waals surface area contributed by atoms with Crippen molar-refractivity contribution in [1.29, 1.82) is 0 Å². The first-order chi connectivity index (χ1) is 8.63. The SMILES string of the molecule is CNC(c1ccc(F)c(Cl)c1)c1cccnc1N. The highest BCUT2D eigenvalue weighted by Gasteiger charge is 2.16. The van der Waals surface area contributed by atoms with Gasteiger partial charge in [-0.1, -0.05) is 23.7 Å². The Morgan fingerprint density at radius 2 is 2.17 bits per heavy atom. The Balaban J connectivity index is 2.45. The fraction of sp³-hybridized carbons (Fsp3) is 0.154. The fourth-order valence-corrected chi connectivity index (χ4v) is 2.06. The lowest BCUT2D eigenvalue weighted by atomic mass is 9.99. The molecule has 3 nitrogen and oxygen atoms in total. The van der Waals surface area contributed by atoms with E-state index in [2.05, 4.69) is 10.3 Å². The third-order valence-electron chi connectivity index (χ3n) is 2.75. The van der Waals surface area contributed by atoms with Crippen molar-refractivity contribution < 1.29 is 4.39 Å². The lowest BCUT2D eigenvalue weighted by Crippen LogP contribution is -2.19. The summed E-state index contributed by atoms with van der Waals surface area (Å²) in [5.74, 6) is 0.00623. The topological polar surface area (TPSA) is 50.9 Å². The molecule has 1 atom stereocenters. The van der Waals surface area contributed by atoms with Crippen molar-refractivity contribution >= 4 is 17.4 Å². The molecular weight excluding hydrogens is 253 g/mol. The van der Waals surface area contributed by atoms with E-state index in [4.69, 9.17) is 17.3 Å². The second kappa shape index (κ2) is 5.33. The molecule has 0 radical (unpaired) electrons. The van der Waals surface area contributed by atoms with E-state index < -0.39 is 5.82 Å². The third-order valence-corrected chi connectivity index (χ3v) is 3.04. The maximum atomic E-state index is 13.2. The zero-order chi connectivity index (χ0) is 13.1. The summed E-state index contributed by atoms with van der Waals surface area (Å²) in [6.07, 6.45) is 1.63. The van der Waals surface area contributed by atoms with Crippen LogP contribution in [0.2, 0.25) is 5.02 Å². The number of nitrogen functional groups attached to an aromatic ring is 1. The van der Waals surface area contributed by atoms with Gasteiger partial charge in [-0.05, 0) is 30.8 Å². The molecule has 1 aromatic carbocycles. The van der Waals surface area contributed by atoms with E-state index in [1.165, 1.54) is 6.07 Å². The van der Waals surface area contributed by atoms with E-state index in [-0.39, 0.29) is 11.1 Å². The molecule has 3 N–H and O–H groups in total. The predicted octanol–water partition coefficient (Wildman–Crippen LogP) is 2.77. The average molecular weight is 266 g/mol. The predicted molar refractivity (Wildman–Crippen MR) is 71.0 cm³/mol. The first kappa shape index (κ1) is 12.8. The highest BCUT2D eigenvalue weighted by atomic mass is 35.5. The van der Waals surface area contributed by atoms with Crippen LogP contribution in [0, 0.1) is 5.82 Å². The van der Waals surface area contributed by atoms with Crippen LogP contribution >= 0.6 is 11.6 Å². The lowest BCUT2D eigenvalue weighted by molar-refractivity contribution is 0.624. The molecule has 0 fully saturated rings. The van der Waals surface area contributed by atoms with Crippen LogP contribution in [0.25, 0.3) is 0 Å². The van der Waals surface area contributed by atoms with Crippen LogP contribution in [0.3, 0.4) is 0 Å². The molecule has 1 unspecified atom stereocenters. The number of hydrogen-bond donors (Lipinski definition) is 2. The zero-order valence-electron chi connectivity index (χ0n) is 9.82. The fourth-order valence-electron chi connectivity index (χ4n) is 1.87. The van der Waals surface area contributed by atoms with Gasteiger partial charge in [-0.15, -0.1) is 0 Å². The van der Waals surface area contributed by atoms with Gasteiger partial charge in [0, 0.05) is 11.8 Å². The maximum Gasteiger partial charge on any atom is 0.141 e. The van der Waals surface area contributed by atoms with Gasteiger partial charge in [0.15, 0.2) is 0 Å². The van der Waals surface area contributed by atoms with E-state index in [0.29, 0.717) is 5.82 Å². The summed E-state index contributed by atoms with van der Waals surface area (Å²) in [4.78, 5) is 4.04. The second-order valence-electron chi connectivity index (χ2n) is 3.87. The molecule has 0 bridgehead atoms. The summed E-state index contributed by atoms with van der Waals surface area (Å²) in [6.45, 7) is 0. The Morgan fingerprint density at radius 1 is 1.39 bits per heavy atom. The number of anilines is 1. The second-order valence-corrected chi connectivity index (χ2v) is 4.28. The quantitative estimate of drug-likeness (QED) is 0.897. The summed E-state index contributed by atoms with van der Waals surface area (Å²) in [5, 5.41) is 3.21. The molecule has 2 aromatic rings. The molecule has 0 aliphatic rings. The van der Waals surface area contributed by atoms with Gasteiger partial charge in [-0.3, -0.25) is 0 Å². The Hall–Kier alpha value is -1.65. The molecule has 0 amide bonds. The molecule has 18 heavy (non-hydrogen) atoms. The molecule has 94 valence electrons. The number of halogens is 2. The summed E-state index contributed by atoms with van der Waals surface area (Å²) < 4.78 is 13.2. The Morgan fingerprint density at radius 3 is 2.78 bits per heavy atom. The van der Waals surface area contributed by atoms with Crippen LogP contribution in [0.1, 0.15) is 17.2 Å². The van der Waals surface area contributed by atoms with Gasteiger partial charge in [-0.2, -0.15) is 0 Å². The summed E-state index contributed by atoms with van der Waals surface area (Å²) in [7, 11) is 1.80. The van der Waals surface area contributed by atoms with Crippen LogP contribution < -0.4 is 11.1 Å². The minimum atomic E-state index is -0.436. The minimum absolute atomic E-state index is 0.0928. The molecule has 1 aromatic heterocycles. The molecule has 5 heteroatoms. The highest BCUT2D eigenvalue weighted by Crippen LogP contribution is 2.27. The van der Waals surface area contributed by atoms with Crippen molar-refractivity contribution in [3.8, 4) is 0 Å². The van der Waals surface area contributed by atoms with E-state index in [1.54, 1.807) is 31.4 Å². The summed E-state index contributed by atoms with van der Waals surface area (Å²) >= 11 is 5.79. The monoisotopic (exact) mass is 265 g/mol. The molecule has 0 spiro atoms. The van der Waals surface area contributed by atoms with Crippen LogP contribution in [0.15, 0.2) is 36.5 Å². The van der Waals surface area contributed by atoms with Crippen molar-refractivity contribution in [3.05, 3.63) is 58.5 Å². The van der Waals surface area contributed by atoms with E-state index in [1.807, 2.05) is 6.07 Å². The molecule has 0 saturated heterocycles. The molecule has 1 heterocycles. The van der Waals surface area contributed by atoms with Crippen molar-refractivity contribution in [1.82, 2.24) is 10.3 Å². The number of benzene rings is 1. The van der Waals surface area contributed by atoms with Crippen molar-refractivity contribution in [2.75, 3.05) is 12.8 Å². The number of rotatable bonds is 3. The molecule has 0 aliphatic heterocycles. The highest BCUT2D eigenvalue weighted by molar-refractivity contribution is 6.30. The van der Waals surface area contributed by atoms with Gasteiger partial charge < -0.3 is 11.1 Å². The number of pyridine rings is 1. The Kier molecular flexibility index (Phi) is 3.79. The largest absolute Gasteiger partial charge is 0.383 e.